The summed E-state index contributed by atoms with van der Waals surface area (Å²) in [5.74, 6) is 0. The van der Waals surface area contributed by atoms with E-state index in [9.17, 15) is 9.59 Å². The molecule has 2 aromatic carbocycles. The Morgan fingerprint density at radius 2 is 1.88 bits per heavy atom. The average molecular weight is 323 g/mol. The Bertz CT molecular complexity index is 739. The fraction of sp³-hybridized carbons (Fsp3) is 0.158. The van der Waals surface area contributed by atoms with E-state index in [0.29, 0.717) is 18.6 Å². The van der Waals surface area contributed by atoms with Gasteiger partial charge in [-0.3, -0.25) is 9.59 Å². The van der Waals surface area contributed by atoms with E-state index in [1.165, 1.54) is 0 Å². The van der Waals surface area contributed by atoms with Crippen molar-refractivity contribution in [2.75, 3.05) is 24.3 Å². The van der Waals surface area contributed by atoms with Gasteiger partial charge in [-0.05, 0) is 30.7 Å². The van der Waals surface area contributed by atoms with Crippen LogP contribution in [0.4, 0.5) is 11.4 Å². The summed E-state index contributed by atoms with van der Waals surface area (Å²) in [4.78, 5) is 23.9. The first-order valence-electron chi connectivity index (χ1n) is 7.56. The molecule has 1 amide bonds. The van der Waals surface area contributed by atoms with Gasteiger partial charge in [-0.25, -0.2) is 0 Å². The second-order valence-electron chi connectivity index (χ2n) is 5.50. The molecule has 2 aromatic rings. The summed E-state index contributed by atoms with van der Waals surface area (Å²) in [6, 6.07) is 13.0. The SMILES string of the molecule is C=C(C)N(C)CNc1c(C=O)cccc1-c1ccc(NC=O)cc1. The standard InChI is InChI=1S/C19H21N3O2/c1-14(2)22(3)12-20-19-16(11-23)5-4-6-18(19)15-7-9-17(10-8-15)21-13-24/h4-11,13,20H,1,12H2,2-3H3,(H,21,24). The van der Waals surface area contributed by atoms with Gasteiger partial charge in [0.2, 0.25) is 6.41 Å². The molecule has 0 fully saturated rings. The second kappa shape index (κ2) is 7.97. The van der Waals surface area contributed by atoms with Gasteiger partial charge in [0.25, 0.3) is 0 Å². The van der Waals surface area contributed by atoms with Gasteiger partial charge in [-0.2, -0.15) is 0 Å². The van der Waals surface area contributed by atoms with Crippen LogP contribution in [-0.2, 0) is 4.79 Å². The molecule has 5 nitrogen and oxygen atoms in total. The Labute approximate surface area is 142 Å². The van der Waals surface area contributed by atoms with E-state index in [4.69, 9.17) is 0 Å². The van der Waals surface area contributed by atoms with Crippen LogP contribution in [0.1, 0.15) is 17.3 Å². The number of hydrogen-bond acceptors (Lipinski definition) is 4. The summed E-state index contributed by atoms with van der Waals surface area (Å²) in [6.45, 7) is 6.36. The number of aldehydes is 1. The third-order valence-electron chi connectivity index (χ3n) is 3.79. The van der Waals surface area contributed by atoms with Crippen LogP contribution in [0.3, 0.4) is 0 Å². The molecule has 0 saturated heterocycles. The number of amides is 1. The molecular weight excluding hydrogens is 302 g/mol. The molecule has 0 spiro atoms. The minimum atomic E-state index is 0.540. The van der Waals surface area contributed by atoms with Gasteiger partial charge in [0.1, 0.15) is 0 Å². The average Bonchev–Trinajstić information content (AvgIpc) is 2.60. The van der Waals surface area contributed by atoms with Crippen molar-refractivity contribution >= 4 is 24.1 Å². The highest BCUT2D eigenvalue weighted by Crippen LogP contribution is 2.31. The fourth-order valence-corrected chi connectivity index (χ4v) is 2.25. The van der Waals surface area contributed by atoms with E-state index >= 15 is 0 Å². The van der Waals surface area contributed by atoms with Crippen molar-refractivity contribution in [3.63, 3.8) is 0 Å². The van der Waals surface area contributed by atoms with E-state index in [-0.39, 0.29) is 0 Å². The van der Waals surface area contributed by atoms with Crippen molar-refractivity contribution in [1.82, 2.24) is 4.90 Å². The van der Waals surface area contributed by atoms with Crippen LogP contribution >= 0.6 is 0 Å². The first-order valence-corrected chi connectivity index (χ1v) is 7.56. The lowest BCUT2D eigenvalue weighted by atomic mass is 10.00. The zero-order valence-electron chi connectivity index (χ0n) is 13.9. The van der Waals surface area contributed by atoms with Crippen LogP contribution in [0.2, 0.25) is 0 Å². The van der Waals surface area contributed by atoms with Crippen molar-refractivity contribution < 1.29 is 9.59 Å². The molecule has 0 aliphatic heterocycles. The van der Waals surface area contributed by atoms with Gasteiger partial charge in [0.05, 0.1) is 12.4 Å². The molecule has 0 saturated carbocycles. The van der Waals surface area contributed by atoms with Crippen LogP contribution < -0.4 is 10.6 Å². The molecule has 0 bridgehead atoms. The fourth-order valence-electron chi connectivity index (χ4n) is 2.25. The topological polar surface area (TPSA) is 61.4 Å². The predicted octanol–water partition coefficient (Wildman–Crippen LogP) is 3.57. The van der Waals surface area contributed by atoms with E-state index < -0.39 is 0 Å². The lowest BCUT2D eigenvalue weighted by Gasteiger charge is -2.22. The van der Waals surface area contributed by atoms with Crippen molar-refractivity contribution in [2.24, 2.45) is 0 Å². The summed E-state index contributed by atoms with van der Waals surface area (Å²) in [6.07, 6.45) is 1.48. The first kappa shape index (κ1) is 17.3. The highest BCUT2D eigenvalue weighted by atomic mass is 16.1. The number of anilines is 2. The highest BCUT2D eigenvalue weighted by molar-refractivity contribution is 5.92. The Hall–Kier alpha value is -3.08. The van der Waals surface area contributed by atoms with Crippen LogP contribution in [0.25, 0.3) is 11.1 Å². The summed E-state index contributed by atoms with van der Waals surface area (Å²) in [5.41, 5.74) is 4.89. The molecule has 5 heteroatoms. The van der Waals surface area contributed by atoms with Crippen molar-refractivity contribution in [2.45, 2.75) is 6.92 Å². The smallest absolute Gasteiger partial charge is 0.211 e. The number of allylic oxidation sites excluding steroid dienone is 1. The number of nitrogens with one attached hydrogen (secondary N) is 2. The maximum atomic E-state index is 11.4. The van der Waals surface area contributed by atoms with Gasteiger partial charge in [-0.1, -0.05) is 30.8 Å². The van der Waals surface area contributed by atoms with Gasteiger partial charge in [0, 0.05) is 29.6 Å². The minimum Gasteiger partial charge on any atom is -0.367 e. The molecule has 0 aliphatic carbocycles. The number of rotatable bonds is 8. The molecule has 124 valence electrons. The van der Waals surface area contributed by atoms with E-state index in [0.717, 1.165) is 34.5 Å². The summed E-state index contributed by atoms with van der Waals surface area (Å²) < 4.78 is 0. The highest BCUT2D eigenvalue weighted by Gasteiger charge is 2.10. The molecule has 0 radical (unpaired) electrons. The van der Waals surface area contributed by atoms with Crippen molar-refractivity contribution in [3.05, 3.63) is 60.3 Å². The molecule has 2 rings (SSSR count). The van der Waals surface area contributed by atoms with Gasteiger partial charge >= 0.3 is 0 Å². The minimum absolute atomic E-state index is 0.540. The molecule has 0 aromatic heterocycles. The Kier molecular flexibility index (Phi) is 5.73. The lowest BCUT2D eigenvalue weighted by Crippen LogP contribution is -2.23. The van der Waals surface area contributed by atoms with Gasteiger partial charge < -0.3 is 15.5 Å². The number of carbonyl (C=O) groups excluding carboxylic acids is 2. The summed E-state index contributed by atoms with van der Waals surface area (Å²) in [7, 11) is 1.93. The normalized spacial score (nSPS) is 9.92. The first-order chi connectivity index (χ1) is 11.6. The van der Waals surface area contributed by atoms with Crippen molar-refractivity contribution in [1.29, 1.82) is 0 Å². The van der Waals surface area contributed by atoms with E-state index in [1.807, 2.05) is 55.3 Å². The Morgan fingerprint density at radius 1 is 1.17 bits per heavy atom. The zero-order valence-corrected chi connectivity index (χ0v) is 13.9. The number of para-hydroxylation sites is 1. The van der Waals surface area contributed by atoms with Gasteiger partial charge in [0.15, 0.2) is 6.29 Å². The third kappa shape index (κ3) is 4.01. The van der Waals surface area contributed by atoms with Crippen molar-refractivity contribution in [3.8, 4) is 11.1 Å². The molecule has 24 heavy (non-hydrogen) atoms. The summed E-state index contributed by atoms with van der Waals surface area (Å²) in [5, 5.41) is 5.92. The van der Waals surface area contributed by atoms with Crippen LogP contribution in [0.15, 0.2) is 54.7 Å². The largest absolute Gasteiger partial charge is 0.367 e. The number of carbonyl (C=O) groups is 2. The van der Waals surface area contributed by atoms with E-state index in [1.54, 1.807) is 6.07 Å². The number of nitrogens with zero attached hydrogens (tertiary/aromatic N) is 1. The van der Waals surface area contributed by atoms with Crippen LogP contribution in [-0.4, -0.2) is 31.3 Å². The second-order valence-corrected chi connectivity index (χ2v) is 5.50. The Morgan fingerprint density at radius 3 is 2.46 bits per heavy atom. The lowest BCUT2D eigenvalue weighted by molar-refractivity contribution is -0.105. The van der Waals surface area contributed by atoms with Crippen LogP contribution in [0, 0.1) is 0 Å². The monoisotopic (exact) mass is 323 g/mol. The van der Waals surface area contributed by atoms with E-state index in [2.05, 4.69) is 17.2 Å². The number of hydrogen-bond donors (Lipinski definition) is 2. The molecule has 2 N–H and O–H groups in total. The third-order valence-corrected chi connectivity index (χ3v) is 3.79. The summed E-state index contributed by atoms with van der Waals surface area (Å²) >= 11 is 0. The molecule has 0 aliphatic rings. The molecule has 0 unspecified atom stereocenters. The zero-order chi connectivity index (χ0) is 17.5. The molecule has 0 heterocycles. The number of benzene rings is 2. The van der Waals surface area contributed by atoms with Crippen LogP contribution in [0.5, 0.6) is 0 Å². The molecular formula is C19H21N3O2. The molecule has 0 atom stereocenters. The predicted molar refractivity (Wildman–Crippen MR) is 98.0 cm³/mol. The Balaban J connectivity index is 2.36. The van der Waals surface area contributed by atoms with Gasteiger partial charge in [-0.15, -0.1) is 0 Å². The maximum absolute atomic E-state index is 11.4. The quantitative estimate of drug-likeness (QED) is 0.576. The maximum Gasteiger partial charge on any atom is 0.211 e.